The fraction of sp³-hybridized carbons (Fsp3) is 0.579. The number of ether oxygens (including phenoxy) is 1. The molecule has 0 bridgehead atoms. The van der Waals surface area contributed by atoms with Crippen LogP contribution in [0, 0.1) is 19.8 Å². The third kappa shape index (κ3) is 5.54. The molecule has 0 aliphatic rings. The fourth-order valence-electron chi connectivity index (χ4n) is 2.95. The molecular formula is C19H29N5O5S. The maximum Gasteiger partial charge on any atom is 0.330 e. The summed E-state index contributed by atoms with van der Waals surface area (Å²) in [6, 6.07) is 0. The molecule has 0 aliphatic heterocycles. The number of nitrogen functional groups attached to an aromatic ring is 1. The SMILES string of the molecule is COCCN(C(=O)CSCc1c(C)noc1C)c1c(N)n(CC(C)C)c(=O)[nH]c1=O. The summed E-state index contributed by atoms with van der Waals surface area (Å²) in [7, 11) is 1.50. The molecule has 0 radical (unpaired) electrons. The lowest BCUT2D eigenvalue weighted by Gasteiger charge is -2.24. The van der Waals surface area contributed by atoms with Gasteiger partial charge in [0, 0.05) is 31.5 Å². The number of H-pyrrole nitrogens is 1. The Kier molecular flexibility index (Phi) is 8.30. The van der Waals surface area contributed by atoms with Crippen molar-refractivity contribution in [3.05, 3.63) is 37.9 Å². The smallest absolute Gasteiger partial charge is 0.330 e. The first kappa shape index (κ1) is 23.7. The monoisotopic (exact) mass is 439 g/mol. The normalized spacial score (nSPS) is 11.3. The lowest BCUT2D eigenvalue weighted by atomic mass is 10.2. The molecule has 11 heteroatoms. The molecule has 3 N–H and O–H groups in total. The van der Waals surface area contributed by atoms with E-state index in [1.54, 1.807) is 0 Å². The lowest BCUT2D eigenvalue weighted by molar-refractivity contribution is -0.116. The molecule has 0 aliphatic carbocycles. The van der Waals surface area contributed by atoms with Gasteiger partial charge in [0.2, 0.25) is 5.91 Å². The van der Waals surface area contributed by atoms with E-state index in [1.807, 2.05) is 27.7 Å². The van der Waals surface area contributed by atoms with E-state index in [-0.39, 0.29) is 42.2 Å². The molecule has 0 atom stereocenters. The summed E-state index contributed by atoms with van der Waals surface area (Å²) < 4.78 is 11.5. The number of aromatic amines is 1. The number of nitrogens with zero attached hydrogens (tertiary/aromatic N) is 3. The van der Waals surface area contributed by atoms with Gasteiger partial charge >= 0.3 is 5.69 Å². The van der Waals surface area contributed by atoms with Crippen LogP contribution < -0.4 is 21.9 Å². The second kappa shape index (κ2) is 10.5. The zero-order valence-electron chi connectivity index (χ0n) is 18.0. The van der Waals surface area contributed by atoms with Crippen LogP contribution in [-0.2, 0) is 21.8 Å². The summed E-state index contributed by atoms with van der Waals surface area (Å²) in [5.41, 5.74) is 6.57. The standard InChI is InChI=1S/C19H29N5O5S/c1-11(2)8-24-17(20)16(18(26)21-19(24)27)23(6-7-28-5)15(25)10-30-9-14-12(3)22-29-13(14)4/h11H,6-10,20H2,1-5H3,(H,21,26,27). The number of amides is 1. The number of nitrogens with two attached hydrogens (primary N) is 1. The van der Waals surface area contributed by atoms with Gasteiger partial charge in [0.1, 0.15) is 11.6 Å². The summed E-state index contributed by atoms with van der Waals surface area (Å²) in [5.74, 6) is 1.15. The van der Waals surface area contributed by atoms with Crippen molar-refractivity contribution >= 4 is 29.2 Å². The highest BCUT2D eigenvalue weighted by molar-refractivity contribution is 7.99. The molecule has 166 valence electrons. The van der Waals surface area contributed by atoms with Crippen LogP contribution in [0.5, 0.6) is 0 Å². The summed E-state index contributed by atoms with van der Waals surface area (Å²) in [6.07, 6.45) is 0. The van der Waals surface area contributed by atoms with Gasteiger partial charge in [-0.1, -0.05) is 19.0 Å². The molecule has 0 unspecified atom stereocenters. The number of nitrogens with one attached hydrogen (secondary N) is 1. The van der Waals surface area contributed by atoms with Crippen LogP contribution in [0.4, 0.5) is 11.5 Å². The third-order valence-corrected chi connectivity index (χ3v) is 5.45. The predicted octanol–water partition coefficient (Wildman–Crippen LogP) is 1.29. The van der Waals surface area contributed by atoms with Crippen molar-refractivity contribution in [1.82, 2.24) is 14.7 Å². The molecule has 2 heterocycles. The second-order valence-corrected chi connectivity index (χ2v) is 8.32. The van der Waals surface area contributed by atoms with E-state index in [9.17, 15) is 14.4 Å². The Morgan fingerprint density at radius 2 is 2.07 bits per heavy atom. The number of anilines is 2. The van der Waals surface area contributed by atoms with Crippen molar-refractivity contribution in [2.75, 3.05) is 36.6 Å². The fourth-order valence-corrected chi connectivity index (χ4v) is 4.00. The molecule has 10 nitrogen and oxygen atoms in total. The number of aryl methyl sites for hydroxylation is 2. The molecule has 0 saturated carbocycles. The van der Waals surface area contributed by atoms with Gasteiger partial charge in [-0.05, 0) is 19.8 Å². The van der Waals surface area contributed by atoms with Crippen LogP contribution in [-0.4, -0.2) is 46.6 Å². The van der Waals surface area contributed by atoms with Crippen molar-refractivity contribution in [3.8, 4) is 0 Å². The zero-order valence-corrected chi connectivity index (χ0v) is 18.8. The molecule has 0 fully saturated rings. The number of rotatable bonds is 10. The van der Waals surface area contributed by atoms with Gasteiger partial charge in [-0.3, -0.25) is 19.1 Å². The van der Waals surface area contributed by atoms with Crippen molar-refractivity contribution in [2.45, 2.75) is 40.0 Å². The van der Waals surface area contributed by atoms with Gasteiger partial charge in [-0.15, -0.1) is 11.8 Å². The number of carbonyl (C=O) groups is 1. The molecule has 2 aromatic heterocycles. The molecule has 0 spiro atoms. The highest BCUT2D eigenvalue weighted by atomic mass is 32.2. The van der Waals surface area contributed by atoms with E-state index in [2.05, 4.69) is 10.1 Å². The van der Waals surface area contributed by atoms with Crippen LogP contribution in [0.1, 0.15) is 30.9 Å². The minimum Gasteiger partial charge on any atom is -0.383 e. The molecule has 0 aromatic carbocycles. The summed E-state index contributed by atoms with van der Waals surface area (Å²) >= 11 is 1.38. The van der Waals surface area contributed by atoms with Crippen molar-refractivity contribution in [3.63, 3.8) is 0 Å². The molecule has 0 saturated heterocycles. The van der Waals surface area contributed by atoms with Crippen LogP contribution >= 0.6 is 11.8 Å². The number of aromatic nitrogens is 3. The van der Waals surface area contributed by atoms with E-state index in [0.717, 1.165) is 11.3 Å². The topological polar surface area (TPSA) is 136 Å². The summed E-state index contributed by atoms with van der Waals surface area (Å²) in [4.78, 5) is 41.3. The molecule has 2 aromatic rings. The van der Waals surface area contributed by atoms with E-state index < -0.39 is 11.2 Å². The lowest BCUT2D eigenvalue weighted by Crippen LogP contribution is -2.43. The first-order chi connectivity index (χ1) is 14.2. The number of hydrogen-bond acceptors (Lipinski definition) is 8. The predicted molar refractivity (Wildman–Crippen MR) is 117 cm³/mol. The van der Waals surface area contributed by atoms with Gasteiger partial charge in [0.15, 0.2) is 5.69 Å². The minimum absolute atomic E-state index is 0.0300. The van der Waals surface area contributed by atoms with Crippen molar-refractivity contribution < 1.29 is 14.1 Å². The Bertz CT molecular complexity index is 975. The van der Waals surface area contributed by atoms with E-state index in [4.69, 9.17) is 15.0 Å². The second-order valence-electron chi connectivity index (χ2n) is 7.33. The average Bonchev–Trinajstić information content (AvgIpc) is 2.99. The highest BCUT2D eigenvalue weighted by Gasteiger charge is 2.24. The summed E-state index contributed by atoms with van der Waals surface area (Å²) in [6.45, 7) is 8.18. The maximum absolute atomic E-state index is 13.0. The maximum atomic E-state index is 13.0. The van der Waals surface area contributed by atoms with Gasteiger partial charge < -0.3 is 19.9 Å². The average molecular weight is 440 g/mol. The van der Waals surface area contributed by atoms with Crippen molar-refractivity contribution in [2.24, 2.45) is 5.92 Å². The number of thioether (sulfide) groups is 1. The quantitative estimate of drug-likeness (QED) is 0.565. The minimum atomic E-state index is -0.697. The largest absolute Gasteiger partial charge is 0.383 e. The number of hydrogen-bond donors (Lipinski definition) is 2. The van der Waals surface area contributed by atoms with Gasteiger partial charge in [0.05, 0.1) is 18.1 Å². The highest BCUT2D eigenvalue weighted by Crippen LogP contribution is 2.22. The Morgan fingerprint density at radius 1 is 1.37 bits per heavy atom. The Labute approximate surface area is 178 Å². The number of methoxy groups -OCH3 is 1. The Morgan fingerprint density at radius 3 is 2.63 bits per heavy atom. The molecule has 2 rings (SSSR count). The molecule has 30 heavy (non-hydrogen) atoms. The first-order valence-electron chi connectivity index (χ1n) is 9.58. The van der Waals surface area contributed by atoms with Crippen LogP contribution in [0.15, 0.2) is 14.1 Å². The molecule has 1 amide bonds. The van der Waals surface area contributed by atoms with Gasteiger partial charge in [0.25, 0.3) is 5.56 Å². The van der Waals surface area contributed by atoms with Crippen molar-refractivity contribution in [1.29, 1.82) is 0 Å². The first-order valence-corrected chi connectivity index (χ1v) is 10.7. The number of carbonyl (C=O) groups excluding carboxylic acids is 1. The van der Waals surface area contributed by atoms with Gasteiger partial charge in [-0.25, -0.2) is 4.79 Å². The van der Waals surface area contributed by atoms with Crippen LogP contribution in [0.25, 0.3) is 0 Å². The van der Waals surface area contributed by atoms with Crippen LogP contribution in [0.3, 0.4) is 0 Å². The van der Waals surface area contributed by atoms with Crippen LogP contribution in [0.2, 0.25) is 0 Å². The zero-order chi connectivity index (χ0) is 22.4. The molecular weight excluding hydrogens is 410 g/mol. The summed E-state index contributed by atoms with van der Waals surface area (Å²) in [5, 5.41) is 3.91. The van der Waals surface area contributed by atoms with E-state index in [0.29, 0.717) is 18.1 Å². The van der Waals surface area contributed by atoms with E-state index in [1.165, 1.54) is 28.3 Å². The van der Waals surface area contributed by atoms with Gasteiger partial charge in [-0.2, -0.15) is 0 Å². The Balaban J connectivity index is 2.29. The Hall–Kier alpha value is -2.53. The van der Waals surface area contributed by atoms with E-state index >= 15 is 0 Å². The third-order valence-electron chi connectivity index (χ3n) is 4.50.